The molecule has 0 saturated carbocycles. The minimum absolute atomic E-state index is 0.00429. The third kappa shape index (κ3) is 11.4. The Morgan fingerprint density at radius 2 is 0.859 bits per heavy atom. The molecule has 8 N–H and O–H groups in total. The fourth-order valence-corrected chi connectivity index (χ4v) is 7.75. The molecule has 0 aliphatic heterocycles. The van der Waals surface area contributed by atoms with Crippen molar-refractivity contribution in [3.63, 3.8) is 0 Å². The van der Waals surface area contributed by atoms with Crippen LogP contribution >= 0.6 is 0 Å². The van der Waals surface area contributed by atoms with E-state index < -0.39 is 76.8 Å². The van der Waals surface area contributed by atoms with Crippen LogP contribution in [0.2, 0.25) is 0 Å². The normalized spacial score (nSPS) is 14.8. The first-order chi connectivity index (χ1) is 30.3. The van der Waals surface area contributed by atoms with E-state index in [1.807, 2.05) is 0 Å². The number of hydrogen-bond acceptors (Lipinski definition) is 14. The summed E-state index contributed by atoms with van der Waals surface area (Å²) < 4.78 is 69.5. The van der Waals surface area contributed by atoms with E-state index in [2.05, 4.69) is 31.7 Å². The monoisotopic (exact) mass is 912 g/mol. The van der Waals surface area contributed by atoms with Crippen molar-refractivity contribution in [3.05, 3.63) is 128 Å². The van der Waals surface area contributed by atoms with E-state index in [-0.39, 0.29) is 46.5 Å². The summed E-state index contributed by atoms with van der Waals surface area (Å²) in [4.78, 5) is 72.7. The molecular weight excluding hydrogens is 877 g/mol. The Kier molecular flexibility index (Phi) is 13.7. The zero-order valence-electron chi connectivity index (χ0n) is 33.1. The Balaban J connectivity index is 1.13. The number of carbonyl (C=O) groups excluding carboxylic acids is 4. The van der Waals surface area contributed by atoms with Gasteiger partial charge < -0.3 is 20.8 Å². The molecule has 4 aromatic rings. The Labute approximate surface area is 364 Å². The van der Waals surface area contributed by atoms with Gasteiger partial charge in [-0.05, 0) is 121 Å². The van der Waals surface area contributed by atoms with E-state index >= 15 is 0 Å². The topological polar surface area (TPSA) is 324 Å². The minimum atomic E-state index is -5.03. The average Bonchev–Trinajstić information content (AvgIpc) is 3.22. The maximum atomic E-state index is 13.4. The van der Waals surface area contributed by atoms with Crippen LogP contribution in [-0.2, 0) is 52.3 Å². The molecule has 6 rings (SSSR count). The van der Waals surface area contributed by atoms with E-state index in [9.17, 15) is 54.7 Å². The van der Waals surface area contributed by atoms with E-state index in [1.165, 1.54) is 36.4 Å². The Hall–Kier alpha value is -7.66. The van der Waals surface area contributed by atoms with E-state index in [0.29, 0.717) is 37.1 Å². The molecule has 4 aromatic carbocycles. The minimum Gasteiger partial charge on any atom is -0.481 e. The maximum absolute atomic E-state index is 13.4. The van der Waals surface area contributed by atoms with Crippen molar-refractivity contribution in [2.24, 2.45) is 10.2 Å². The van der Waals surface area contributed by atoms with Gasteiger partial charge in [0.25, 0.3) is 20.2 Å². The number of nitrogens with zero attached hydrogens (tertiary/aromatic N) is 2. The number of aliphatic carboxylic acids is 2. The quantitative estimate of drug-likeness (QED) is 0.0422. The van der Waals surface area contributed by atoms with Gasteiger partial charge in [-0.15, -0.1) is 0 Å². The van der Waals surface area contributed by atoms with Crippen LogP contribution in [0.25, 0.3) is 12.2 Å². The number of allylic oxidation sites excluding steroid dienone is 2. The van der Waals surface area contributed by atoms with E-state index in [1.54, 1.807) is 48.5 Å². The number of hydrogen-bond donors (Lipinski definition) is 8. The molecule has 330 valence electrons. The summed E-state index contributed by atoms with van der Waals surface area (Å²) >= 11 is 0. The number of hydrazone groups is 2. The van der Waals surface area contributed by atoms with Crippen LogP contribution in [0.3, 0.4) is 0 Å². The predicted octanol–water partition coefficient (Wildman–Crippen LogP) is 4.86. The molecule has 0 radical (unpaired) electrons. The summed E-state index contributed by atoms with van der Waals surface area (Å²) in [5.74, 6) is -6.12. The van der Waals surface area contributed by atoms with Crippen LogP contribution in [0, 0.1) is 0 Å². The first kappa shape index (κ1) is 45.9. The molecule has 0 heterocycles. The fourth-order valence-electron chi connectivity index (χ4n) is 6.43. The number of Topliss-reactive ketones (excluding diaryl/α,β-unsaturated/α-hetero) is 2. The second-order valence-electron chi connectivity index (χ2n) is 14.2. The number of anilines is 4. The molecule has 0 bridgehead atoms. The second kappa shape index (κ2) is 19.2. The number of ketones is 2. The van der Waals surface area contributed by atoms with Crippen LogP contribution in [0.1, 0.15) is 68.7 Å². The van der Waals surface area contributed by atoms with Crippen LogP contribution in [0.5, 0.6) is 0 Å². The highest BCUT2D eigenvalue weighted by molar-refractivity contribution is 7.91. The van der Waals surface area contributed by atoms with Crippen molar-refractivity contribution in [1.82, 2.24) is 0 Å². The third-order valence-electron chi connectivity index (χ3n) is 9.55. The van der Waals surface area contributed by atoms with Gasteiger partial charge in [0.2, 0.25) is 11.6 Å². The predicted molar refractivity (Wildman–Crippen MR) is 234 cm³/mol. The maximum Gasteiger partial charge on any atom is 0.314 e. The second-order valence-corrected chi connectivity index (χ2v) is 17.0. The molecule has 2 aliphatic rings. The molecule has 0 unspecified atom stereocenters. The number of carbonyl (C=O) groups is 6. The highest BCUT2D eigenvalue weighted by Gasteiger charge is 2.35. The molecule has 64 heavy (non-hydrogen) atoms. The lowest BCUT2D eigenvalue weighted by Crippen LogP contribution is -2.30. The van der Waals surface area contributed by atoms with Crippen molar-refractivity contribution < 1.29 is 64.9 Å². The lowest BCUT2D eigenvalue weighted by atomic mass is 9.94. The van der Waals surface area contributed by atoms with Crippen molar-refractivity contribution in [2.75, 3.05) is 21.5 Å². The van der Waals surface area contributed by atoms with Gasteiger partial charge in [0.05, 0.1) is 11.4 Å². The first-order valence-corrected chi connectivity index (χ1v) is 21.8. The largest absolute Gasteiger partial charge is 0.481 e. The van der Waals surface area contributed by atoms with Crippen molar-refractivity contribution in [3.8, 4) is 0 Å². The number of benzene rings is 4. The fraction of sp³-hybridized carbons (Fsp3) is 0.143. The summed E-state index contributed by atoms with van der Waals surface area (Å²) in [6.07, 6.45) is 3.72. The third-order valence-corrected chi connectivity index (χ3v) is 11.3. The van der Waals surface area contributed by atoms with Gasteiger partial charge in [-0.2, -0.15) is 27.0 Å². The summed E-state index contributed by atoms with van der Waals surface area (Å²) in [6.45, 7) is 0. The van der Waals surface area contributed by atoms with Gasteiger partial charge in [0.15, 0.2) is 11.4 Å². The molecule has 20 nitrogen and oxygen atoms in total. The molecule has 0 atom stereocenters. The number of amides is 2. The number of aryl methyl sites for hydroxylation is 2. The zero-order valence-corrected chi connectivity index (χ0v) is 34.7. The molecule has 2 amide bonds. The van der Waals surface area contributed by atoms with Crippen molar-refractivity contribution in [1.29, 1.82) is 0 Å². The lowest BCUT2D eigenvalue weighted by molar-refractivity contribution is -0.138. The van der Waals surface area contributed by atoms with Crippen LogP contribution in [0.4, 0.5) is 22.7 Å². The number of fused-ring (bicyclic) bond motifs is 2. The van der Waals surface area contributed by atoms with Crippen LogP contribution < -0.4 is 21.5 Å². The molecule has 0 aromatic heterocycles. The highest BCUT2D eigenvalue weighted by atomic mass is 32.2. The first-order valence-electron chi connectivity index (χ1n) is 18.9. The van der Waals surface area contributed by atoms with Crippen molar-refractivity contribution in [2.45, 2.75) is 38.5 Å². The number of nitrogens with one attached hydrogen (secondary N) is 4. The Morgan fingerprint density at radius 3 is 1.19 bits per heavy atom. The molecule has 0 saturated heterocycles. The molecule has 2 aliphatic carbocycles. The van der Waals surface area contributed by atoms with Crippen LogP contribution in [-0.4, -0.2) is 82.9 Å². The molecule has 0 fully saturated rings. The number of carboxylic acid groups (broad SMARTS) is 2. The van der Waals surface area contributed by atoms with Crippen LogP contribution in [0.15, 0.2) is 105 Å². The zero-order chi connectivity index (χ0) is 46.3. The number of rotatable bonds is 16. The Bertz CT molecular complexity index is 2760. The highest BCUT2D eigenvalue weighted by Crippen LogP contribution is 2.30. The van der Waals surface area contributed by atoms with E-state index in [0.717, 1.165) is 23.3 Å². The summed E-state index contributed by atoms with van der Waals surface area (Å²) in [5, 5.41) is 30.2. The van der Waals surface area contributed by atoms with Gasteiger partial charge in [-0.1, -0.05) is 24.3 Å². The summed E-state index contributed by atoms with van der Waals surface area (Å²) in [7, 11) is -10.1. The summed E-state index contributed by atoms with van der Waals surface area (Å²) in [6, 6.07) is 20.4. The van der Waals surface area contributed by atoms with Gasteiger partial charge in [0.1, 0.15) is 9.81 Å². The van der Waals surface area contributed by atoms with E-state index in [4.69, 9.17) is 10.2 Å². The van der Waals surface area contributed by atoms with Gasteiger partial charge in [0, 0.05) is 35.3 Å². The standard InChI is InChI=1S/C42H36N6O14S2/c49-35(50)5-1-3-23-7-11-27(12-8-23)45-47-37-33(63(57,58)59)21-25-19-29(15-17-31(25)39(37)53)43-41(55)42(56)44-30-16-18-32-26(20-30)22-34(64(60,61)62)38(40(32)54)48-46-28-13-9-24(10-14-28)4-2-6-36(51)52/h7-22,45-46H,1-6H2,(H,43,55)(H,44,56)(H,49,50)(H,51,52)(H,57,58,59)(H,60,61,62)/b47-37-,48-38-. The number of carboxylic acids is 2. The van der Waals surface area contributed by atoms with Gasteiger partial charge >= 0.3 is 23.8 Å². The molecule has 22 heteroatoms. The molecule has 0 spiro atoms. The lowest BCUT2D eigenvalue weighted by Gasteiger charge is -2.18. The SMILES string of the molecule is O=C(O)CCCc1ccc(N/N=C2\C(=O)c3ccc(NC(=O)C(=O)Nc4ccc5c(c4)C=C(S(=O)(=O)O)/C(=N/Nc4ccc(CCCC(=O)O)cc4)C5=O)cc3C=C2S(=O)(=O)O)cc1. The smallest absolute Gasteiger partial charge is 0.314 e. The van der Waals surface area contributed by atoms with Crippen molar-refractivity contribution >= 4 is 102 Å². The average molecular weight is 913 g/mol. The Morgan fingerprint density at radius 1 is 0.516 bits per heavy atom. The van der Waals surface area contributed by atoms with Gasteiger partial charge in [-0.25, -0.2) is 0 Å². The molecular formula is C42H36N6O14S2. The summed E-state index contributed by atoms with van der Waals surface area (Å²) in [5.41, 5.74) is 5.87. The van der Waals surface area contributed by atoms with Gasteiger partial charge in [-0.3, -0.25) is 48.7 Å².